The van der Waals surface area contributed by atoms with Gasteiger partial charge in [-0.15, -0.1) is 0 Å². The molecule has 2 amide bonds. The van der Waals surface area contributed by atoms with Gasteiger partial charge in [0.05, 0.1) is 0 Å². The fraction of sp³-hybridized carbons (Fsp3) is 0.350. The number of hydrogen-bond acceptors (Lipinski definition) is 2. The summed E-state index contributed by atoms with van der Waals surface area (Å²) >= 11 is 0. The number of urea groups is 1. The third kappa shape index (κ3) is 6.23. The maximum Gasteiger partial charge on any atom is 0.319 e. The number of nitrogens with zero attached hydrogens (tertiary/aromatic N) is 1. The number of halogens is 2. The Labute approximate surface area is 161 Å². The normalized spacial score (nSPS) is 10.0. The van der Waals surface area contributed by atoms with Crippen LogP contribution in [0.5, 0.6) is 0 Å². The summed E-state index contributed by atoms with van der Waals surface area (Å²) in [5, 5.41) is 5.71. The lowest BCUT2D eigenvalue weighted by Crippen LogP contribution is -3.00. The van der Waals surface area contributed by atoms with Crippen molar-refractivity contribution in [2.24, 2.45) is 0 Å². The lowest BCUT2D eigenvalue weighted by Gasteiger charge is -2.22. The minimum atomic E-state index is -0.252. The Morgan fingerprint density at radius 1 is 1.08 bits per heavy atom. The first-order chi connectivity index (χ1) is 12.0. The Hall–Kier alpha value is -2.27. The molecule has 2 aromatic rings. The first-order valence-corrected chi connectivity index (χ1v) is 8.68. The number of nitrogens with one attached hydrogen (secondary N) is 2. The predicted molar refractivity (Wildman–Crippen MR) is 102 cm³/mol. The number of benzene rings is 2. The number of hydrogen-bond donors (Lipinski definition) is 2. The smallest absolute Gasteiger partial charge is 0.319 e. The molecule has 0 saturated heterocycles. The number of anilines is 2. The van der Waals surface area contributed by atoms with Crippen LogP contribution in [0.15, 0.2) is 42.5 Å². The van der Waals surface area contributed by atoms with Gasteiger partial charge in [-0.3, -0.25) is 0 Å². The number of carbonyl (C=O) groups excluding carboxylic acids is 1. The number of aryl methyl sites for hydroxylation is 1. The summed E-state index contributed by atoms with van der Waals surface area (Å²) in [7, 11) is 0. The molecule has 0 aromatic heterocycles. The van der Waals surface area contributed by atoms with Crippen LogP contribution < -0.4 is 27.9 Å². The van der Waals surface area contributed by atoms with E-state index in [1.165, 1.54) is 12.1 Å². The van der Waals surface area contributed by atoms with E-state index >= 15 is 0 Å². The zero-order valence-electron chi connectivity index (χ0n) is 15.5. The average molecular weight is 379 g/mol. The van der Waals surface area contributed by atoms with Crippen LogP contribution in [-0.2, 0) is 6.42 Å². The quantitative estimate of drug-likeness (QED) is 0.764. The first kappa shape index (κ1) is 21.8. The van der Waals surface area contributed by atoms with Gasteiger partial charge >= 0.3 is 6.03 Å². The predicted octanol–water partition coefficient (Wildman–Crippen LogP) is 1.35. The van der Waals surface area contributed by atoms with Crippen molar-refractivity contribution < 1.29 is 21.6 Å². The Balaban J connectivity index is 0.00000338. The van der Waals surface area contributed by atoms with Crippen LogP contribution in [0, 0.1) is 12.7 Å². The van der Waals surface area contributed by atoms with Crippen LogP contribution in [-0.4, -0.2) is 25.7 Å². The monoisotopic (exact) mass is 378 g/mol. The standard InChI is InChI=1S/C20H26FN3O.ClH/c1-4-24(5-2)18-10-11-19(15(3)14-18)23-20(25)22-13-12-16-6-8-17(21)9-7-16;/h6-11,14H,4-5,12-13H2,1-3H3,(H2,22,23,25);1H/p-1. The molecule has 4 nitrogen and oxygen atoms in total. The third-order valence-electron chi connectivity index (χ3n) is 4.20. The largest absolute Gasteiger partial charge is 1.00 e. The van der Waals surface area contributed by atoms with Gasteiger partial charge in [-0.1, -0.05) is 12.1 Å². The number of amides is 2. The second-order valence-electron chi connectivity index (χ2n) is 5.93. The highest BCUT2D eigenvalue weighted by atomic mass is 35.5. The van der Waals surface area contributed by atoms with Crippen molar-refractivity contribution in [1.82, 2.24) is 5.32 Å². The highest BCUT2D eigenvalue weighted by molar-refractivity contribution is 5.90. The number of carbonyl (C=O) groups is 1. The van der Waals surface area contributed by atoms with E-state index in [-0.39, 0.29) is 24.3 Å². The molecule has 6 heteroatoms. The molecule has 0 atom stereocenters. The van der Waals surface area contributed by atoms with Crippen LogP contribution in [0.3, 0.4) is 0 Å². The maximum atomic E-state index is 12.9. The Morgan fingerprint density at radius 3 is 2.31 bits per heavy atom. The van der Waals surface area contributed by atoms with Gasteiger partial charge in [0.25, 0.3) is 0 Å². The van der Waals surface area contributed by atoms with E-state index in [0.717, 1.165) is 35.6 Å². The van der Waals surface area contributed by atoms with Crippen molar-refractivity contribution in [2.45, 2.75) is 27.2 Å². The summed E-state index contributed by atoms with van der Waals surface area (Å²) in [6, 6.07) is 12.1. The van der Waals surface area contributed by atoms with E-state index < -0.39 is 0 Å². The fourth-order valence-electron chi connectivity index (χ4n) is 2.71. The van der Waals surface area contributed by atoms with Gasteiger partial charge < -0.3 is 27.9 Å². The van der Waals surface area contributed by atoms with E-state index in [4.69, 9.17) is 0 Å². The summed E-state index contributed by atoms with van der Waals surface area (Å²) in [4.78, 5) is 14.3. The Kier molecular flexibility index (Phi) is 8.93. The van der Waals surface area contributed by atoms with Gasteiger partial charge in [-0.25, -0.2) is 9.18 Å². The molecule has 2 N–H and O–H groups in total. The van der Waals surface area contributed by atoms with Gasteiger partial charge in [-0.05, 0) is 68.7 Å². The van der Waals surface area contributed by atoms with Crippen LogP contribution in [0.1, 0.15) is 25.0 Å². The zero-order chi connectivity index (χ0) is 18.2. The SMILES string of the molecule is CCN(CC)c1ccc(NC(=O)NCCc2ccc(F)cc2)c(C)c1.[Cl-]. The van der Waals surface area contributed by atoms with E-state index in [1.807, 2.05) is 19.1 Å². The molecule has 2 rings (SSSR count). The highest BCUT2D eigenvalue weighted by Crippen LogP contribution is 2.22. The van der Waals surface area contributed by atoms with E-state index in [2.05, 4.69) is 35.4 Å². The van der Waals surface area contributed by atoms with E-state index in [1.54, 1.807) is 12.1 Å². The molecule has 0 radical (unpaired) electrons. The Morgan fingerprint density at radius 2 is 1.73 bits per heavy atom. The zero-order valence-corrected chi connectivity index (χ0v) is 16.2. The topological polar surface area (TPSA) is 44.4 Å². The van der Waals surface area contributed by atoms with Crippen molar-refractivity contribution in [1.29, 1.82) is 0 Å². The van der Waals surface area contributed by atoms with Crippen molar-refractivity contribution in [2.75, 3.05) is 29.9 Å². The van der Waals surface area contributed by atoms with Crippen LogP contribution in [0.25, 0.3) is 0 Å². The molecule has 0 aliphatic heterocycles. The summed E-state index contributed by atoms with van der Waals surface area (Å²) in [6.45, 7) is 8.63. The fourth-order valence-corrected chi connectivity index (χ4v) is 2.71. The molecule has 0 aliphatic rings. The summed E-state index contributed by atoms with van der Waals surface area (Å²) < 4.78 is 12.9. The summed E-state index contributed by atoms with van der Waals surface area (Å²) in [5.41, 5.74) is 3.97. The molecular formula is C20H26ClFN3O-. The summed E-state index contributed by atoms with van der Waals surface area (Å²) in [5.74, 6) is -0.252. The van der Waals surface area contributed by atoms with Crippen LogP contribution in [0.4, 0.5) is 20.6 Å². The molecular weight excluding hydrogens is 353 g/mol. The molecule has 0 bridgehead atoms. The second kappa shape index (κ2) is 10.7. The van der Waals surface area contributed by atoms with Crippen molar-refractivity contribution >= 4 is 17.4 Å². The minimum absolute atomic E-state index is 0. The minimum Gasteiger partial charge on any atom is -1.00 e. The maximum absolute atomic E-state index is 12.9. The van der Waals surface area contributed by atoms with Gasteiger partial charge in [0.1, 0.15) is 5.82 Å². The van der Waals surface area contributed by atoms with E-state index in [9.17, 15) is 9.18 Å². The summed E-state index contributed by atoms with van der Waals surface area (Å²) in [6.07, 6.45) is 0.660. The molecule has 0 unspecified atom stereocenters. The molecule has 0 spiro atoms. The lowest BCUT2D eigenvalue weighted by molar-refractivity contribution is -0.00000901. The van der Waals surface area contributed by atoms with Crippen molar-refractivity contribution in [3.63, 3.8) is 0 Å². The molecule has 2 aromatic carbocycles. The second-order valence-corrected chi connectivity index (χ2v) is 5.93. The Bertz CT molecular complexity index is 703. The van der Waals surface area contributed by atoms with Gasteiger partial charge in [-0.2, -0.15) is 0 Å². The van der Waals surface area contributed by atoms with Crippen LogP contribution in [0.2, 0.25) is 0 Å². The van der Waals surface area contributed by atoms with Gasteiger partial charge in [0.2, 0.25) is 0 Å². The average Bonchev–Trinajstić information content (AvgIpc) is 2.60. The van der Waals surface area contributed by atoms with Gasteiger partial charge in [0.15, 0.2) is 0 Å². The number of rotatable bonds is 7. The van der Waals surface area contributed by atoms with Crippen molar-refractivity contribution in [3.05, 3.63) is 59.4 Å². The molecule has 26 heavy (non-hydrogen) atoms. The third-order valence-corrected chi connectivity index (χ3v) is 4.20. The van der Waals surface area contributed by atoms with Crippen LogP contribution >= 0.6 is 0 Å². The van der Waals surface area contributed by atoms with Gasteiger partial charge in [0, 0.05) is 31.0 Å². The lowest BCUT2D eigenvalue weighted by atomic mass is 10.1. The van der Waals surface area contributed by atoms with E-state index in [0.29, 0.717) is 13.0 Å². The molecule has 0 aliphatic carbocycles. The van der Waals surface area contributed by atoms with Crippen molar-refractivity contribution in [3.8, 4) is 0 Å². The highest BCUT2D eigenvalue weighted by Gasteiger charge is 2.07. The molecule has 0 heterocycles. The first-order valence-electron chi connectivity index (χ1n) is 8.68. The molecule has 0 saturated carbocycles. The molecule has 0 fully saturated rings. The molecule has 142 valence electrons.